The summed E-state index contributed by atoms with van der Waals surface area (Å²) in [5.41, 5.74) is 7.13. The molecule has 0 unspecified atom stereocenters. The Morgan fingerprint density at radius 2 is 0.914 bits per heavy atom. The van der Waals surface area contributed by atoms with Gasteiger partial charge in [0.25, 0.3) is 0 Å². The van der Waals surface area contributed by atoms with E-state index in [0.717, 1.165) is 11.4 Å². The van der Waals surface area contributed by atoms with Crippen molar-refractivity contribution in [2.75, 3.05) is 44.1 Å². The second-order valence-electron chi connectivity index (χ2n) is 13.2. The monoisotopic (exact) mass is 964 g/mol. The molecule has 0 fully saturated rings. The van der Waals surface area contributed by atoms with Gasteiger partial charge in [-0.1, -0.05) is 74.2 Å². The number of para-hydroxylation sites is 4. The van der Waals surface area contributed by atoms with Gasteiger partial charge in [0, 0.05) is 51.8 Å². The summed E-state index contributed by atoms with van der Waals surface area (Å²) in [6, 6.07) is 32.5. The number of nitrogen functional groups attached to an aromatic ring is 1. The van der Waals surface area contributed by atoms with E-state index in [1.54, 1.807) is 84.0 Å². The molecular weight excluding hydrogens is 905 g/mol. The standard InChI is InChI=1S/C14H17NO4.C12H11NO3.C10H7NO3.C9H14O4.C6H7N.CH4/c1-3-18-13(16)12(14(17)19-4-2)10-15-11-8-6-5-7-9-11;1-2-16-12(15)9-7-13-10-6-4-3-5-8(10)11(9)14;12-9-6-3-1-2-4-8(6)11-5-7(9)10(13)14;1-4-7(8(10)12-5-2)9(11)13-6-3;7-6-4-2-1-3-5-6;/h5-10,15H,3-4H2,1-2H3;3-7H,2H2,1H3,(H,13,14);1-5H,(H,11,12)(H,13,14);4H,5-6H2,1-3H3;1-5H,7H2;1H4. The van der Waals surface area contributed by atoms with Gasteiger partial charge in [-0.2, -0.15) is 0 Å². The lowest BCUT2D eigenvalue weighted by Gasteiger charge is -2.07. The molecule has 0 spiro atoms. The SMILES string of the molecule is C.CC=C(C(=O)OCC)C(=O)OCC.CCOC(=O)C(=CNc1ccccc1)C(=O)OCC.CCOC(=O)c1c[nH]c2ccccc2c1=O.Nc1ccccc1.O=C(O)c1c[nH]c2ccccc2c1=O. The summed E-state index contributed by atoms with van der Waals surface area (Å²) in [5, 5.41) is 12.5. The average Bonchev–Trinajstić information content (AvgIpc) is 3.34. The minimum Gasteiger partial charge on any atom is -0.477 e. The van der Waals surface area contributed by atoms with Gasteiger partial charge in [-0.3, -0.25) is 9.59 Å². The van der Waals surface area contributed by atoms with E-state index in [9.17, 15) is 38.4 Å². The van der Waals surface area contributed by atoms with Gasteiger partial charge in [0.1, 0.15) is 16.7 Å². The second kappa shape index (κ2) is 32.8. The quantitative estimate of drug-likeness (QED) is 0.0183. The predicted molar refractivity (Wildman–Crippen MR) is 268 cm³/mol. The summed E-state index contributed by atoms with van der Waals surface area (Å²) in [7, 11) is 0. The zero-order valence-electron chi connectivity index (χ0n) is 39.1. The normalized spacial score (nSPS) is 9.46. The van der Waals surface area contributed by atoms with Crippen LogP contribution in [0.5, 0.6) is 0 Å². The van der Waals surface area contributed by atoms with Crippen molar-refractivity contribution in [3.63, 3.8) is 0 Å². The predicted octanol–water partition coefficient (Wildman–Crippen LogP) is 8.00. The number of H-pyrrole nitrogens is 2. The molecule has 0 aliphatic heterocycles. The van der Waals surface area contributed by atoms with Gasteiger partial charge in [-0.05, 0) is 90.1 Å². The van der Waals surface area contributed by atoms with Gasteiger partial charge in [-0.15, -0.1) is 0 Å². The molecular formula is C52H60N4O14. The minimum absolute atomic E-state index is 0. The summed E-state index contributed by atoms with van der Waals surface area (Å²) < 4.78 is 23.7. The molecule has 0 amide bonds. The van der Waals surface area contributed by atoms with E-state index in [0.29, 0.717) is 21.8 Å². The maximum absolute atomic E-state index is 11.9. The lowest BCUT2D eigenvalue weighted by Crippen LogP contribution is -2.19. The molecule has 4 aromatic carbocycles. The number of pyridine rings is 2. The van der Waals surface area contributed by atoms with Gasteiger partial charge < -0.3 is 49.8 Å². The molecule has 0 aliphatic rings. The highest BCUT2D eigenvalue weighted by molar-refractivity contribution is 6.14. The first-order chi connectivity index (χ1) is 33.2. The highest BCUT2D eigenvalue weighted by Crippen LogP contribution is 2.10. The first-order valence-corrected chi connectivity index (χ1v) is 21.5. The number of hydrogen-bond acceptors (Lipinski definition) is 15. The number of hydrogen-bond donors (Lipinski definition) is 5. The molecule has 6 N–H and O–H groups in total. The lowest BCUT2D eigenvalue weighted by atomic mass is 10.1. The van der Waals surface area contributed by atoms with Crippen molar-refractivity contribution in [2.45, 2.75) is 49.0 Å². The van der Waals surface area contributed by atoms with Crippen LogP contribution in [0.25, 0.3) is 21.8 Å². The number of allylic oxidation sites excluding steroid dienone is 1. The van der Waals surface area contributed by atoms with Crippen LogP contribution < -0.4 is 21.9 Å². The molecule has 0 aliphatic carbocycles. The van der Waals surface area contributed by atoms with Crippen molar-refractivity contribution in [3.05, 3.63) is 177 Å². The number of carbonyl (C=O) groups excluding carboxylic acids is 5. The van der Waals surface area contributed by atoms with E-state index in [1.807, 2.05) is 66.7 Å². The van der Waals surface area contributed by atoms with Gasteiger partial charge in [0.05, 0.1) is 33.0 Å². The molecule has 0 bridgehead atoms. The molecule has 0 saturated carbocycles. The molecule has 70 heavy (non-hydrogen) atoms. The number of anilines is 2. The number of aromatic nitrogens is 2. The lowest BCUT2D eigenvalue weighted by molar-refractivity contribution is -0.148. The van der Waals surface area contributed by atoms with Gasteiger partial charge in [0.15, 0.2) is 5.57 Å². The highest BCUT2D eigenvalue weighted by Gasteiger charge is 2.21. The Labute approximate surface area is 405 Å². The highest BCUT2D eigenvalue weighted by atomic mass is 16.6. The van der Waals surface area contributed by atoms with Crippen LogP contribution in [-0.2, 0) is 42.9 Å². The number of carboxylic acids is 1. The Bertz CT molecular complexity index is 2760. The maximum atomic E-state index is 11.9. The molecule has 18 nitrogen and oxygen atoms in total. The van der Waals surface area contributed by atoms with Crippen LogP contribution in [0.4, 0.5) is 11.4 Å². The molecule has 0 saturated heterocycles. The summed E-state index contributed by atoms with van der Waals surface area (Å²) in [4.78, 5) is 96.8. The third-order valence-corrected chi connectivity index (χ3v) is 8.53. The Hall–Kier alpha value is -8.80. The second-order valence-corrected chi connectivity index (χ2v) is 13.2. The van der Waals surface area contributed by atoms with Crippen molar-refractivity contribution < 1.29 is 57.6 Å². The molecule has 6 aromatic rings. The largest absolute Gasteiger partial charge is 0.477 e. The Morgan fingerprint density at radius 3 is 1.30 bits per heavy atom. The summed E-state index contributed by atoms with van der Waals surface area (Å²) in [6.07, 6.45) is 5.29. The minimum atomic E-state index is -1.21. The Kier molecular flexibility index (Phi) is 27.7. The van der Waals surface area contributed by atoms with E-state index in [2.05, 4.69) is 24.8 Å². The van der Waals surface area contributed by atoms with Crippen LogP contribution in [0, 0.1) is 0 Å². The van der Waals surface area contributed by atoms with E-state index in [4.69, 9.17) is 25.1 Å². The number of fused-ring (bicyclic) bond motifs is 2. The molecule has 6 rings (SSSR count). The number of nitrogens with one attached hydrogen (secondary N) is 3. The van der Waals surface area contributed by atoms with Crippen LogP contribution in [0.2, 0.25) is 0 Å². The first-order valence-electron chi connectivity index (χ1n) is 21.5. The molecule has 0 atom stereocenters. The van der Waals surface area contributed by atoms with Gasteiger partial charge >= 0.3 is 35.8 Å². The van der Waals surface area contributed by atoms with E-state index in [1.165, 1.54) is 24.7 Å². The average molecular weight is 965 g/mol. The van der Waals surface area contributed by atoms with Crippen molar-refractivity contribution in [2.24, 2.45) is 0 Å². The summed E-state index contributed by atoms with van der Waals surface area (Å²) in [5.74, 6) is -4.48. The van der Waals surface area contributed by atoms with Crippen molar-refractivity contribution in [3.8, 4) is 0 Å². The van der Waals surface area contributed by atoms with Gasteiger partial charge in [0.2, 0.25) is 10.9 Å². The smallest absolute Gasteiger partial charge is 0.347 e. The fraction of sp³-hybridized carbons (Fsp3) is 0.231. The van der Waals surface area contributed by atoms with E-state index < -0.39 is 41.2 Å². The number of rotatable bonds is 13. The number of ether oxygens (including phenoxy) is 5. The van der Waals surface area contributed by atoms with Crippen LogP contribution in [-0.4, -0.2) is 83.9 Å². The van der Waals surface area contributed by atoms with Crippen LogP contribution in [0.15, 0.2) is 155 Å². The number of carboxylic acid groups (broad SMARTS) is 1. The van der Waals surface area contributed by atoms with E-state index >= 15 is 0 Å². The molecule has 0 radical (unpaired) electrons. The fourth-order valence-electron chi connectivity index (χ4n) is 5.35. The fourth-order valence-corrected chi connectivity index (χ4v) is 5.35. The van der Waals surface area contributed by atoms with Crippen molar-refractivity contribution in [1.82, 2.24) is 9.97 Å². The van der Waals surface area contributed by atoms with Crippen molar-refractivity contribution >= 4 is 69.0 Å². The number of nitrogens with two attached hydrogens (primary N) is 1. The number of aromatic carboxylic acids is 1. The van der Waals surface area contributed by atoms with Crippen LogP contribution >= 0.6 is 0 Å². The van der Waals surface area contributed by atoms with Crippen LogP contribution in [0.3, 0.4) is 0 Å². The Balaban J connectivity index is 0.000000447. The number of carbonyl (C=O) groups is 6. The van der Waals surface area contributed by atoms with Crippen molar-refractivity contribution in [1.29, 1.82) is 0 Å². The zero-order chi connectivity index (χ0) is 51.1. The Morgan fingerprint density at radius 1 is 0.543 bits per heavy atom. The van der Waals surface area contributed by atoms with E-state index in [-0.39, 0.29) is 68.2 Å². The number of aromatic amines is 2. The first kappa shape index (κ1) is 59.2. The molecule has 372 valence electrons. The topological polar surface area (TPSA) is 273 Å². The number of esters is 5. The summed E-state index contributed by atoms with van der Waals surface area (Å²) >= 11 is 0. The third-order valence-electron chi connectivity index (χ3n) is 8.53. The zero-order valence-corrected chi connectivity index (χ0v) is 39.1. The van der Waals surface area contributed by atoms with Crippen LogP contribution in [0.1, 0.15) is 69.7 Å². The van der Waals surface area contributed by atoms with Gasteiger partial charge in [-0.25, -0.2) is 28.8 Å². The number of benzene rings is 4. The third kappa shape index (κ3) is 19.6. The maximum Gasteiger partial charge on any atom is 0.347 e. The molecule has 2 heterocycles. The molecule has 2 aromatic heterocycles. The summed E-state index contributed by atoms with van der Waals surface area (Å²) in [6.45, 7) is 11.1. The molecule has 18 heteroatoms.